The first kappa shape index (κ1) is 18.0. The van der Waals surface area contributed by atoms with Gasteiger partial charge in [-0.15, -0.1) is 13.2 Å². The number of pyridine rings is 1. The van der Waals surface area contributed by atoms with Crippen LogP contribution < -0.4 is 20.9 Å². The summed E-state index contributed by atoms with van der Waals surface area (Å²) in [4.78, 5) is 13.3. The van der Waals surface area contributed by atoms with Crippen molar-refractivity contribution in [3.63, 3.8) is 0 Å². The zero-order valence-corrected chi connectivity index (χ0v) is 14.6. The summed E-state index contributed by atoms with van der Waals surface area (Å²) < 4.78 is 43.5. The van der Waals surface area contributed by atoms with E-state index in [0.29, 0.717) is 36.5 Å². The number of alkyl halides is 3. The topological polar surface area (TPSA) is 64.3 Å². The Morgan fingerprint density at radius 2 is 2.04 bits per heavy atom. The third-order valence-corrected chi connectivity index (χ3v) is 4.17. The van der Waals surface area contributed by atoms with Gasteiger partial charge in [-0.2, -0.15) is 0 Å². The van der Waals surface area contributed by atoms with Crippen LogP contribution in [-0.4, -0.2) is 27.6 Å². The van der Waals surface area contributed by atoms with E-state index in [4.69, 9.17) is 0 Å². The third kappa shape index (κ3) is 4.13. The predicted octanol–water partition coefficient (Wildman–Crippen LogP) is 1.73. The van der Waals surface area contributed by atoms with Crippen molar-refractivity contribution in [3.8, 4) is 5.75 Å². The third-order valence-electron chi connectivity index (χ3n) is 4.17. The summed E-state index contributed by atoms with van der Waals surface area (Å²) in [6.07, 6.45) is -0.847. The molecule has 0 spiro atoms. The fraction of sp³-hybridized carbons (Fsp3) is 0.211. The minimum absolute atomic E-state index is 0.254. The van der Waals surface area contributed by atoms with Gasteiger partial charge < -0.3 is 14.6 Å². The molecule has 6 nitrogen and oxygen atoms in total. The lowest BCUT2D eigenvalue weighted by molar-refractivity contribution is -0.274. The first-order valence-corrected chi connectivity index (χ1v) is 8.56. The molecule has 144 valence electrons. The number of hydrogen-bond donors (Lipinski definition) is 1. The maximum Gasteiger partial charge on any atom is 0.573 e. The molecule has 9 heteroatoms. The molecule has 1 aliphatic heterocycles. The van der Waals surface area contributed by atoms with Gasteiger partial charge in [-0.25, -0.2) is 9.98 Å². The summed E-state index contributed by atoms with van der Waals surface area (Å²) in [5, 5.41) is 3.88. The van der Waals surface area contributed by atoms with Crippen LogP contribution >= 0.6 is 0 Å². The highest BCUT2D eigenvalue weighted by Gasteiger charge is 2.31. The minimum atomic E-state index is -4.73. The Morgan fingerprint density at radius 3 is 2.82 bits per heavy atom. The van der Waals surface area contributed by atoms with E-state index in [2.05, 4.69) is 25.0 Å². The largest absolute Gasteiger partial charge is 0.573 e. The molecule has 1 aliphatic rings. The van der Waals surface area contributed by atoms with Gasteiger partial charge in [0.25, 0.3) is 0 Å². The highest BCUT2D eigenvalue weighted by molar-refractivity contribution is 5.31. The van der Waals surface area contributed by atoms with Crippen LogP contribution in [0, 0.1) is 0 Å². The number of halogens is 3. The molecule has 1 N–H and O–H groups in total. The van der Waals surface area contributed by atoms with Crippen LogP contribution in [0.1, 0.15) is 17.1 Å². The van der Waals surface area contributed by atoms with Crippen molar-refractivity contribution in [2.45, 2.75) is 19.3 Å². The number of nitrogens with zero attached hydrogens (tertiary/aromatic N) is 4. The van der Waals surface area contributed by atoms with E-state index >= 15 is 0 Å². The summed E-state index contributed by atoms with van der Waals surface area (Å²) in [5.41, 5.74) is 2.10. The van der Waals surface area contributed by atoms with Gasteiger partial charge in [0.05, 0.1) is 12.2 Å². The standard InChI is InChI=1S/C19H16F3N5O/c20-19(21,22)28-15-6-3-4-13(8-15)9-17-26-18-16(10-23-12-25-18)27(17)11-14-5-1-2-7-24-14/h1-8,10,23H,9,11-12H2. The summed E-state index contributed by atoms with van der Waals surface area (Å²) >= 11 is 0. The Morgan fingerprint density at radius 1 is 1.14 bits per heavy atom. The monoisotopic (exact) mass is 387 g/mol. The molecule has 0 radical (unpaired) electrons. The van der Waals surface area contributed by atoms with E-state index < -0.39 is 6.36 Å². The van der Waals surface area contributed by atoms with Gasteiger partial charge in [-0.05, 0) is 29.8 Å². The normalized spacial score (nSPS) is 13.1. The lowest BCUT2D eigenvalue weighted by Crippen LogP contribution is -2.37. The number of rotatable bonds is 5. The van der Waals surface area contributed by atoms with Crippen molar-refractivity contribution in [3.05, 3.63) is 76.6 Å². The molecule has 0 amide bonds. The van der Waals surface area contributed by atoms with Crippen molar-refractivity contribution < 1.29 is 17.9 Å². The van der Waals surface area contributed by atoms with Crippen molar-refractivity contribution in [2.75, 3.05) is 6.67 Å². The van der Waals surface area contributed by atoms with E-state index in [1.165, 1.54) is 18.2 Å². The lowest BCUT2D eigenvalue weighted by atomic mass is 10.1. The van der Waals surface area contributed by atoms with Crippen LogP contribution in [-0.2, 0) is 13.0 Å². The second-order valence-electron chi connectivity index (χ2n) is 6.18. The van der Waals surface area contributed by atoms with Crippen LogP contribution in [0.25, 0.3) is 6.20 Å². The number of hydrogen-bond acceptors (Lipinski definition) is 5. The molecule has 0 atom stereocenters. The van der Waals surface area contributed by atoms with Gasteiger partial charge in [0.1, 0.15) is 23.6 Å². The van der Waals surface area contributed by atoms with Crippen molar-refractivity contribution in [1.82, 2.24) is 19.9 Å². The SMILES string of the molecule is FC(F)(F)Oc1cccc(Cc2nc3c(n2Cc2ccccn2)=CNCN=3)c1. The van der Waals surface area contributed by atoms with Gasteiger partial charge in [-0.3, -0.25) is 4.98 Å². The molecule has 0 unspecified atom stereocenters. The first-order valence-electron chi connectivity index (χ1n) is 8.56. The van der Waals surface area contributed by atoms with Gasteiger partial charge in [-0.1, -0.05) is 18.2 Å². The van der Waals surface area contributed by atoms with E-state index in [1.54, 1.807) is 12.3 Å². The Balaban J connectivity index is 1.69. The number of imidazole rings is 1. The minimum Gasteiger partial charge on any atom is -0.406 e. The Kier molecular flexibility index (Phi) is 4.72. The van der Waals surface area contributed by atoms with Crippen molar-refractivity contribution >= 4 is 6.20 Å². The first-order chi connectivity index (χ1) is 13.5. The van der Waals surface area contributed by atoms with Crippen molar-refractivity contribution in [2.24, 2.45) is 4.99 Å². The molecule has 3 aromatic rings. The van der Waals surface area contributed by atoms with Crippen LogP contribution in [0.15, 0.2) is 53.7 Å². The number of ether oxygens (including phenoxy) is 1. The average Bonchev–Trinajstić information content (AvgIpc) is 2.99. The van der Waals surface area contributed by atoms with E-state index in [1.807, 2.05) is 29.0 Å². The zero-order valence-electron chi connectivity index (χ0n) is 14.6. The molecule has 4 rings (SSSR count). The molecule has 28 heavy (non-hydrogen) atoms. The highest BCUT2D eigenvalue weighted by atomic mass is 19.4. The molecule has 0 saturated heterocycles. The number of fused-ring (bicyclic) bond motifs is 1. The predicted molar refractivity (Wildman–Crippen MR) is 94.7 cm³/mol. The summed E-state index contributed by atoms with van der Waals surface area (Å²) in [7, 11) is 0. The van der Waals surface area contributed by atoms with Gasteiger partial charge >= 0.3 is 6.36 Å². The van der Waals surface area contributed by atoms with E-state index in [9.17, 15) is 13.2 Å². The summed E-state index contributed by atoms with van der Waals surface area (Å²) in [6.45, 7) is 0.910. The fourth-order valence-electron chi connectivity index (χ4n) is 3.02. The van der Waals surface area contributed by atoms with E-state index in [0.717, 1.165) is 11.0 Å². The van der Waals surface area contributed by atoms with Gasteiger partial charge in [0.2, 0.25) is 0 Å². The molecule has 3 heterocycles. The highest BCUT2D eigenvalue weighted by Crippen LogP contribution is 2.24. The molecule has 0 bridgehead atoms. The number of benzene rings is 1. The van der Waals surface area contributed by atoms with Gasteiger partial charge in [0.15, 0.2) is 5.49 Å². The van der Waals surface area contributed by atoms with Crippen LogP contribution in [0.3, 0.4) is 0 Å². The number of nitrogens with one attached hydrogen (secondary N) is 1. The van der Waals surface area contributed by atoms with Gasteiger partial charge in [0, 0.05) is 18.8 Å². The maximum absolute atomic E-state index is 12.5. The molecular weight excluding hydrogens is 371 g/mol. The van der Waals surface area contributed by atoms with Crippen LogP contribution in [0.4, 0.5) is 13.2 Å². The Labute approximate surface area is 158 Å². The molecule has 0 saturated carbocycles. The second kappa shape index (κ2) is 7.34. The van der Waals surface area contributed by atoms with Crippen LogP contribution in [0.2, 0.25) is 0 Å². The smallest absolute Gasteiger partial charge is 0.406 e. The Hall–Kier alpha value is -3.36. The molecule has 0 aliphatic carbocycles. The quantitative estimate of drug-likeness (QED) is 0.724. The maximum atomic E-state index is 12.5. The fourth-order valence-corrected chi connectivity index (χ4v) is 3.02. The molecule has 0 fully saturated rings. The molecule has 2 aromatic heterocycles. The summed E-state index contributed by atoms with van der Waals surface area (Å²) in [5.74, 6) is 0.430. The molecular formula is C19H16F3N5O. The average molecular weight is 387 g/mol. The Bertz CT molecular complexity index is 1090. The lowest BCUT2D eigenvalue weighted by Gasteiger charge is -2.11. The number of aromatic nitrogens is 3. The zero-order chi connectivity index (χ0) is 19.6. The summed E-state index contributed by atoms with van der Waals surface area (Å²) in [6, 6.07) is 11.5. The van der Waals surface area contributed by atoms with Crippen LogP contribution in [0.5, 0.6) is 5.75 Å². The van der Waals surface area contributed by atoms with Crippen molar-refractivity contribution in [1.29, 1.82) is 0 Å². The molecule has 1 aromatic carbocycles. The van der Waals surface area contributed by atoms with E-state index in [-0.39, 0.29) is 5.75 Å². The second-order valence-corrected chi connectivity index (χ2v) is 6.18.